The quantitative estimate of drug-likeness (QED) is 0.493. The first-order chi connectivity index (χ1) is 15.8. The van der Waals surface area contributed by atoms with E-state index in [0.29, 0.717) is 23.5 Å². The van der Waals surface area contributed by atoms with E-state index in [1.54, 1.807) is 24.3 Å². The van der Waals surface area contributed by atoms with E-state index in [1.807, 2.05) is 39.0 Å². The Morgan fingerprint density at radius 1 is 0.788 bits per heavy atom. The van der Waals surface area contributed by atoms with E-state index in [-0.39, 0.29) is 31.8 Å². The molecule has 8 heteroatoms. The molecule has 0 fully saturated rings. The Labute approximate surface area is 193 Å². The van der Waals surface area contributed by atoms with Crippen molar-refractivity contribution in [2.45, 2.75) is 46.5 Å². The second kappa shape index (κ2) is 13.0. The van der Waals surface area contributed by atoms with Crippen LogP contribution in [0.4, 0.5) is 11.4 Å². The molecule has 2 amide bonds. The number of carbonyl (C=O) groups is 4. The number of ether oxygens (including phenoxy) is 2. The lowest BCUT2D eigenvalue weighted by atomic mass is 10.1. The summed E-state index contributed by atoms with van der Waals surface area (Å²) >= 11 is 0. The number of benzene rings is 2. The molecule has 2 N–H and O–H groups in total. The van der Waals surface area contributed by atoms with E-state index in [2.05, 4.69) is 10.6 Å². The maximum atomic E-state index is 12.1. The second-order valence-corrected chi connectivity index (χ2v) is 7.70. The fourth-order valence-corrected chi connectivity index (χ4v) is 3.05. The van der Waals surface area contributed by atoms with E-state index in [1.165, 1.54) is 0 Å². The normalized spacial score (nSPS) is 10.3. The lowest BCUT2D eigenvalue weighted by Gasteiger charge is -2.09. The van der Waals surface area contributed by atoms with Crippen LogP contribution in [0.3, 0.4) is 0 Å². The molecule has 176 valence electrons. The van der Waals surface area contributed by atoms with Gasteiger partial charge in [0.15, 0.2) is 6.61 Å². The van der Waals surface area contributed by atoms with Gasteiger partial charge in [0.25, 0.3) is 5.91 Å². The van der Waals surface area contributed by atoms with Crippen LogP contribution in [0.5, 0.6) is 0 Å². The molecule has 8 nitrogen and oxygen atoms in total. The van der Waals surface area contributed by atoms with Crippen molar-refractivity contribution in [1.82, 2.24) is 0 Å². The molecular formula is C25H30N2O6. The number of amides is 2. The van der Waals surface area contributed by atoms with Gasteiger partial charge in [-0.1, -0.05) is 13.0 Å². The van der Waals surface area contributed by atoms with Crippen molar-refractivity contribution in [3.8, 4) is 0 Å². The Kier molecular flexibility index (Phi) is 10.1. The van der Waals surface area contributed by atoms with E-state index in [4.69, 9.17) is 9.47 Å². The number of esters is 2. The predicted octanol–water partition coefficient (Wildman–Crippen LogP) is 4.16. The molecule has 0 aliphatic carbocycles. The highest BCUT2D eigenvalue weighted by molar-refractivity contribution is 5.94. The molecule has 0 saturated carbocycles. The first kappa shape index (κ1) is 25.6. The van der Waals surface area contributed by atoms with Gasteiger partial charge in [-0.2, -0.15) is 0 Å². The molecule has 0 atom stereocenters. The number of anilines is 2. The van der Waals surface area contributed by atoms with Gasteiger partial charge in [-0.25, -0.2) is 4.79 Å². The van der Waals surface area contributed by atoms with Crippen LogP contribution in [0, 0.1) is 13.8 Å². The Morgan fingerprint density at radius 2 is 1.42 bits per heavy atom. The van der Waals surface area contributed by atoms with E-state index >= 15 is 0 Å². The molecule has 0 aromatic heterocycles. The van der Waals surface area contributed by atoms with E-state index in [9.17, 15) is 19.2 Å². The van der Waals surface area contributed by atoms with Crippen LogP contribution in [0.1, 0.15) is 54.1 Å². The summed E-state index contributed by atoms with van der Waals surface area (Å²) in [4.78, 5) is 47.6. The van der Waals surface area contributed by atoms with Gasteiger partial charge in [0.05, 0.1) is 12.2 Å². The fraction of sp³-hybridized carbons (Fsp3) is 0.360. The smallest absolute Gasteiger partial charge is 0.338 e. The first-order valence-electron chi connectivity index (χ1n) is 10.9. The van der Waals surface area contributed by atoms with Crippen LogP contribution in [0.2, 0.25) is 0 Å². The maximum Gasteiger partial charge on any atom is 0.338 e. The van der Waals surface area contributed by atoms with Gasteiger partial charge >= 0.3 is 11.9 Å². The zero-order chi connectivity index (χ0) is 24.2. The third kappa shape index (κ3) is 9.55. The lowest BCUT2D eigenvalue weighted by Crippen LogP contribution is -2.21. The summed E-state index contributed by atoms with van der Waals surface area (Å²) in [6, 6.07) is 12.0. The molecule has 2 rings (SSSR count). The Morgan fingerprint density at radius 3 is 2.06 bits per heavy atom. The van der Waals surface area contributed by atoms with Gasteiger partial charge in [-0.05, 0) is 74.2 Å². The van der Waals surface area contributed by atoms with E-state index < -0.39 is 17.8 Å². The van der Waals surface area contributed by atoms with Crippen molar-refractivity contribution in [3.05, 3.63) is 59.2 Å². The summed E-state index contributed by atoms with van der Waals surface area (Å²) in [6.07, 6.45) is 1.16. The van der Waals surface area contributed by atoms with Gasteiger partial charge in [0.2, 0.25) is 5.91 Å². The number of hydrogen-bond acceptors (Lipinski definition) is 6. The summed E-state index contributed by atoms with van der Waals surface area (Å²) in [5.74, 6) is -1.64. The molecule has 0 spiro atoms. The number of carbonyl (C=O) groups excluding carboxylic acids is 4. The molecule has 2 aromatic rings. The largest absolute Gasteiger partial charge is 0.462 e. The van der Waals surface area contributed by atoms with E-state index in [0.717, 1.165) is 17.5 Å². The predicted molar refractivity (Wildman–Crippen MR) is 125 cm³/mol. The molecule has 0 aliphatic heterocycles. The average Bonchev–Trinajstić information content (AvgIpc) is 2.76. The van der Waals surface area contributed by atoms with Crippen LogP contribution in [0.25, 0.3) is 0 Å². The molecule has 0 bridgehead atoms. The SMILES string of the molecule is CCCOC(=O)c1ccc(NC(=O)CCCC(=O)OCC(=O)Nc2cc(C)cc(C)c2)cc1. The maximum absolute atomic E-state index is 12.1. The van der Waals surface area contributed by atoms with Crippen LogP contribution < -0.4 is 10.6 Å². The average molecular weight is 455 g/mol. The number of aryl methyl sites for hydroxylation is 2. The van der Waals surface area contributed by atoms with Gasteiger partial charge in [0, 0.05) is 24.2 Å². The number of rotatable bonds is 11. The van der Waals surface area contributed by atoms with Crippen molar-refractivity contribution in [1.29, 1.82) is 0 Å². The van der Waals surface area contributed by atoms with Crippen molar-refractivity contribution < 1.29 is 28.7 Å². The number of nitrogens with one attached hydrogen (secondary N) is 2. The molecule has 33 heavy (non-hydrogen) atoms. The van der Waals surface area contributed by atoms with Gasteiger partial charge in [-0.15, -0.1) is 0 Å². The third-order valence-corrected chi connectivity index (χ3v) is 4.50. The first-order valence-corrected chi connectivity index (χ1v) is 10.9. The lowest BCUT2D eigenvalue weighted by molar-refractivity contribution is -0.147. The van der Waals surface area contributed by atoms with Crippen LogP contribution in [0.15, 0.2) is 42.5 Å². The molecule has 2 aromatic carbocycles. The highest BCUT2D eigenvalue weighted by atomic mass is 16.5. The van der Waals surface area contributed by atoms with Gasteiger partial charge in [-0.3, -0.25) is 14.4 Å². The number of hydrogen-bond donors (Lipinski definition) is 2. The second-order valence-electron chi connectivity index (χ2n) is 7.70. The monoisotopic (exact) mass is 454 g/mol. The summed E-state index contributed by atoms with van der Waals surface area (Å²) in [5, 5.41) is 5.40. The zero-order valence-corrected chi connectivity index (χ0v) is 19.2. The highest BCUT2D eigenvalue weighted by Crippen LogP contribution is 2.14. The van der Waals surface area contributed by atoms with Gasteiger partial charge in [0.1, 0.15) is 0 Å². The van der Waals surface area contributed by atoms with Crippen molar-refractivity contribution in [2.75, 3.05) is 23.8 Å². The summed E-state index contributed by atoms with van der Waals surface area (Å²) in [5.41, 5.74) is 3.64. The van der Waals surface area contributed by atoms with Crippen LogP contribution in [-0.4, -0.2) is 37.0 Å². The van der Waals surface area contributed by atoms with Crippen molar-refractivity contribution in [3.63, 3.8) is 0 Å². The van der Waals surface area contributed by atoms with Crippen molar-refractivity contribution >= 4 is 35.1 Å². The Hall–Kier alpha value is -3.68. The molecular weight excluding hydrogens is 424 g/mol. The fourth-order valence-electron chi connectivity index (χ4n) is 3.05. The molecule has 0 heterocycles. The molecule has 0 aliphatic rings. The topological polar surface area (TPSA) is 111 Å². The van der Waals surface area contributed by atoms with Crippen molar-refractivity contribution in [2.24, 2.45) is 0 Å². The minimum atomic E-state index is -0.548. The minimum Gasteiger partial charge on any atom is -0.462 e. The van der Waals surface area contributed by atoms with Crippen LogP contribution >= 0.6 is 0 Å². The molecule has 0 unspecified atom stereocenters. The summed E-state index contributed by atoms with van der Waals surface area (Å²) < 4.78 is 10.0. The summed E-state index contributed by atoms with van der Waals surface area (Å²) in [6.45, 7) is 5.74. The highest BCUT2D eigenvalue weighted by Gasteiger charge is 2.11. The zero-order valence-electron chi connectivity index (χ0n) is 19.2. The van der Waals surface area contributed by atoms with Crippen LogP contribution in [-0.2, 0) is 23.9 Å². The standard InChI is InChI=1S/C25H30N2O6/c1-4-12-32-25(31)19-8-10-20(11-9-19)26-22(28)6-5-7-24(30)33-16-23(29)27-21-14-17(2)13-18(3)15-21/h8-11,13-15H,4-7,12,16H2,1-3H3,(H,26,28)(H,27,29). The molecule has 0 radical (unpaired) electrons. The Balaban J connectivity index is 1.65. The molecule has 0 saturated heterocycles. The third-order valence-electron chi connectivity index (χ3n) is 4.50. The Bertz CT molecular complexity index is 965. The minimum absolute atomic E-state index is 0.0203. The summed E-state index contributed by atoms with van der Waals surface area (Å²) in [7, 11) is 0. The van der Waals surface area contributed by atoms with Gasteiger partial charge < -0.3 is 20.1 Å².